The van der Waals surface area contributed by atoms with Crippen LogP contribution in [0.15, 0.2) is 35.4 Å². The summed E-state index contributed by atoms with van der Waals surface area (Å²) in [6, 6.07) is 5.07. The van der Waals surface area contributed by atoms with Crippen molar-refractivity contribution in [3.8, 4) is 0 Å². The van der Waals surface area contributed by atoms with Crippen molar-refractivity contribution in [2.75, 3.05) is 31.5 Å². The van der Waals surface area contributed by atoms with Gasteiger partial charge in [0.15, 0.2) is 17.2 Å². The van der Waals surface area contributed by atoms with Gasteiger partial charge < -0.3 is 29.4 Å². The molecule has 3 aromatic heterocycles. The molecule has 43 heavy (non-hydrogen) atoms. The van der Waals surface area contributed by atoms with E-state index in [1.165, 1.54) is 15.6 Å². The molecule has 2 aliphatic rings. The molecule has 13 heteroatoms. The van der Waals surface area contributed by atoms with Crippen LogP contribution in [0.25, 0.3) is 5.65 Å². The highest BCUT2D eigenvalue weighted by atomic mass is 16.6. The van der Waals surface area contributed by atoms with E-state index in [1.54, 1.807) is 64.9 Å². The van der Waals surface area contributed by atoms with Gasteiger partial charge in [0, 0.05) is 39.6 Å². The highest BCUT2D eigenvalue weighted by Crippen LogP contribution is 2.30. The number of carbonyl (C=O) groups is 2. The van der Waals surface area contributed by atoms with Crippen LogP contribution >= 0.6 is 0 Å². The van der Waals surface area contributed by atoms with E-state index in [1.807, 2.05) is 6.07 Å². The molecular formula is C30H41N7O6. The lowest BCUT2D eigenvalue weighted by Gasteiger charge is -2.35. The van der Waals surface area contributed by atoms with Crippen molar-refractivity contribution in [3.05, 3.63) is 46.6 Å². The van der Waals surface area contributed by atoms with Crippen LogP contribution in [0, 0.1) is 0 Å². The smallest absolute Gasteiger partial charge is 0.414 e. The highest BCUT2D eigenvalue weighted by Gasteiger charge is 2.33. The topological polar surface area (TPSA) is 141 Å². The maximum atomic E-state index is 13.6. The number of anilines is 3. The Morgan fingerprint density at radius 3 is 2.44 bits per heavy atom. The fourth-order valence-electron chi connectivity index (χ4n) is 5.59. The van der Waals surface area contributed by atoms with Crippen LogP contribution in [-0.4, -0.2) is 76.3 Å². The van der Waals surface area contributed by atoms with Gasteiger partial charge in [0.05, 0.1) is 30.1 Å². The summed E-state index contributed by atoms with van der Waals surface area (Å²) in [5.74, 6) is -0.121. The molecule has 3 heterocycles. The Hall–Kier alpha value is -3.97. The number of ether oxygens (including phenoxy) is 3. The van der Waals surface area contributed by atoms with E-state index in [9.17, 15) is 14.4 Å². The molecule has 232 valence electrons. The number of hydrogen-bond acceptors (Lipinski definition) is 9. The van der Waals surface area contributed by atoms with E-state index in [0.29, 0.717) is 11.4 Å². The molecule has 2 atom stereocenters. The number of imidazole rings is 1. The van der Waals surface area contributed by atoms with Gasteiger partial charge >= 0.3 is 6.09 Å². The van der Waals surface area contributed by atoms with E-state index >= 15 is 0 Å². The summed E-state index contributed by atoms with van der Waals surface area (Å²) in [5, 5.41) is 10.8. The minimum absolute atomic E-state index is 0.0491. The summed E-state index contributed by atoms with van der Waals surface area (Å²) in [7, 11) is 4.90. The normalized spacial score (nSPS) is 22.1. The lowest BCUT2D eigenvalue weighted by molar-refractivity contribution is 0.00718. The molecule has 2 aliphatic carbocycles. The third-order valence-electron chi connectivity index (χ3n) is 8.15. The first-order chi connectivity index (χ1) is 20.5. The first kappa shape index (κ1) is 30.5. The Bertz CT molecular complexity index is 1530. The van der Waals surface area contributed by atoms with Gasteiger partial charge in [0.2, 0.25) is 0 Å². The third kappa shape index (κ3) is 6.52. The average molecular weight is 596 g/mol. The van der Waals surface area contributed by atoms with Crippen molar-refractivity contribution in [3.63, 3.8) is 0 Å². The van der Waals surface area contributed by atoms with Crippen molar-refractivity contribution in [1.29, 1.82) is 0 Å². The summed E-state index contributed by atoms with van der Waals surface area (Å²) in [4.78, 5) is 45.7. The summed E-state index contributed by atoms with van der Waals surface area (Å²) >= 11 is 0. The zero-order valence-corrected chi connectivity index (χ0v) is 25.6. The molecule has 0 aromatic carbocycles. The molecule has 2 saturated carbocycles. The summed E-state index contributed by atoms with van der Waals surface area (Å²) < 4.78 is 19.6. The minimum atomic E-state index is -0.728. The molecule has 1 unspecified atom stereocenters. The van der Waals surface area contributed by atoms with Crippen molar-refractivity contribution >= 4 is 34.8 Å². The fraction of sp³-hybridized carbons (Fsp3) is 0.567. The maximum absolute atomic E-state index is 13.6. The number of nitrogens with one attached hydrogen (secondary N) is 2. The van der Waals surface area contributed by atoms with Crippen LogP contribution in [0.5, 0.6) is 0 Å². The van der Waals surface area contributed by atoms with Gasteiger partial charge in [-0.1, -0.05) is 0 Å². The second-order valence-electron chi connectivity index (χ2n) is 12.2. The first-order valence-corrected chi connectivity index (χ1v) is 14.7. The van der Waals surface area contributed by atoms with Crippen molar-refractivity contribution in [2.45, 2.75) is 89.2 Å². The molecule has 3 aromatic rings. The highest BCUT2D eigenvalue weighted by molar-refractivity contribution is 5.96. The second kappa shape index (κ2) is 12.3. The average Bonchev–Trinajstić information content (AvgIpc) is 3.39. The Morgan fingerprint density at radius 2 is 1.81 bits per heavy atom. The van der Waals surface area contributed by atoms with Crippen LogP contribution in [0.2, 0.25) is 0 Å². The molecular weight excluding hydrogens is 554 g/mol. The Kier molecular flexibility index (Phi) is 8.74. The number of carbonyl (C=O) groups excluding carboxylic acids is 2. The van der Waals surface area contributed by atoms with Gasteiger partial charge in [-0.05, 0) is 71.4 Å². The number of methoxy groups -OCH3 is 2. The van der Waals surface area contributed by atoms with Gasteiger partial charge in [-0.2, -0.15) is 0 Å². The Labute approximate surface area is 250 Å². The summed E-state index contributed by atoms with van der Waals surface area (Å²) in [6.45, 7) is 5.34. The van der Waals surface area contributed by atoms with Crippen LogP contribution < -0.4 is 21.1 Å². The Balaban J connectivity index is 1.50. The Morgan fingerprint density at radius 1 is 1.07 bits per heavy atom. The lowest BCUT2D eigenvalue weighted by atomic mass is 9.89. The van der Waals surface area contributed by atoms with E-state index in [0.717, 1.165) is 38.5 Å². The predicted molar refractivity (Wildman–Crippen MR) is 161 cm³/mol. The number of pyridine rings is 1. The largest absolute Gasteiger partial charge is 0.443 e. The molecule has 0 spiro atoms. The molecule has 2 amide bonds. The molecule has 2 fully saturated rings. The second-order valence-corrected chi connectivity index (χ2v) is 12.2. The lowest BCUT2D eigenvalue weighted by Crippen LogP contribution is -2.51. The molecule has 0 aliphatic heterocycles. The van der Waals surface area contributed by atoms with E-state index in [-0.39, 0.29) is 52.9 Å². The van der Waals surface area contributed by atoms with Gasteiger partial charge in [-0.25, -0.2) is 14.3 Å². The summed E-state index contributed by atoms with van der Waals surface area (Å²) in [6.07, 6.45) is 7.92. The molecule has 5 rings (SSSR count). The number of hydrogen-bond donors (Lipinski definition) is 2. The zero-order chi connectivity index (χ0) is 30.9. The first-order valence-electron chi connectivity index (χ1n) is 14.7. The number of amides is 2. The number of aromatic nitrogens is 4. The third-order valence-corrected chi connectivity index (χ3v) is 8.15. The van der Waals surface area contributed by atoms with E-state index in [2.05, 4.69) is 20.7 Å². The molecule has 0 saturated heterocycles. The van der Waals surface area contributed by atoms with Gasteiger partial charge in [0.25, 0.3) is 11.5 Å². The molecule has 0 bridgehead atoms. The zero-order valence-electron chi connectivity index (χ0n) is 25.6. The molecule has 0 radical (unpaired) electrons. The van der Waals surface area contributed by atoms with Crippen LogP contribution in [0.4, 0.5) is 22.0 Å². The molecule has 2 N–H and O–H groups in total. The van der Waals surface area contributed by atoms with Crippen molar-refractivity contribution in [1.82, 2.24) is 24.5 Å². The quantitative estimate of drug-likeness (QED) is 0.395. The predicted octanol–water partition coefficient (Wildman–Crippen LogP) is 4.04. The van der Waals surface area contributed by atoms with Crippen molar-refractivity contribution in [2.24, 2.45) is 0 Å². The van der Waals surface area contributed by atoms with E-state index < -0.39 is 11.7 Å². The monoisotopic (exact) mass is 595 g/mol. The number of rotatable bonds is 8. The fourth-order valence-corrected chi connectivity index (χ4v) is 5.59. The van der Waals surface area contributed by atoms with Crippen LogP contribution in [-0.2, 0) is 14.2 Å². The summed E-state index contributed by atoms with van der Waals surface area (Å²) in [5.41, 5.74) is 0.206. The van der Waals surface area contributed by atoms with Gasteiger partial charge in [0.1, 0.15) is 11.3 Å². The van der Waals surface area contributed by atoms with Gasteiger partial charge in [-0.15, -0.1) is 5.10 Å². The number of fused-ring (bicyclic) bond motifs is 1. The molecule has 13 nitrogen and oxygen atoms in total. The van der Waals surface area contributed by atoms with Crippen molar-refractivity contribution < 1.29 is 23.8 Å². The van der Waals surface area contributed by atoms with Crippen LogP contribution in [0.3, 0.4) is 0 Å². The maximum Gasteiger partial charge on any atom is 0.414 e. The van der Waals surface area contributed by atoms with Crippen LogP contribution in [0.1, 0.15) is 75.8 Å². The van der Waals surface area contributed by atoms with E-state index in [4.69, 9.17) is 14.2 Å². The van der Waals surface area contributed by atoms with Gasteiger partial charge in [-0.3, -0.25) is 14.5 Å². The number of nitrogens with zero attached hydrogens (tertiary/aromatic N) is 5. The SMILES string of the molecule is COC1CCC(n2cccc(Nc3cc(N(C)C(=O)OC(C)(C)C)c4ncc(C(=O)NC5CC[C@@H]5OC)n4n3)c2=O)CC1. The standard InChI is InChI=1S/C30H41N7O6/c1-30(2,3)43-29(40)35(4)22-16-25(32-21-8-7-15-36(28(21)39)18-9-11-19(41-5)12-10-18)34-37-23(17-31-26(22)37)27(38)33-20-13-14-24(20)42-6/h7-8,15-20,24H,9-14H2,1-6H3,(H,32,34)(H,33,38)/t18?,19?,20?,24-/m0/s1. The minimum Gasteiger partial charge on any atom is -0.443 e.